The highest BCUT2D eigenvalue weighted by atomic mass is 79.9. The van der Waals surface area contributed by atoms with Crippen molar-refractivity contribution in [1.82, 2.24) is 0 Å². The van der Waals surface area contributed by atoms with Crippen molar-refractivity contribution in [1.29, 1.82) is 5.26 Å². The van der Waals surface area contributed by atoms with Gasteiger partial charge in [0, 0.05) is 9.65 Å². The fourth-order valence-electron chi connectivity index (χ4n) is 0.835. The Hall–Kier alpha value is -1.74. The molecular formula is C8H3BrN2O3. The summed E-state index contributed by atoms with van der Waals surface area (Å²) in [6.07, 6.45) is 1.48. The van der Waals surface area contributed by atoms with Gasteiger partial charge in [-0.05, 0) is 34.1 Å². The highest BCUT2D eigenvalue weighted by molar-refractivity contribution is 9.10. The van der Waals surface area contributed by atoms with Crippen molar-refractivity contribution in [2.45, 2.75) is 0 Å². The van der Waals surface area contributed by atoms with Crippen LogP contribution in [0.3, 0.4) is 0 Å². The summed E-state index contributed by atoms with van der Waals surface area (Å²) in [4.78, 5) is 20.9. The Morgan fingerprint density at radius 1 is 1.57 bits per heavy atom. The maximum absolute atomic E-state index is 10.9. The highest BCUT2D eigenvalue weighted by Crippen LogP contribution is 2.23. The van der Waals surface area contributed by atoms with E-state index in [1.165, 1.54) is 24.5 Å². The van der Waals surface area contributed by atoms with Crippen molar-refractivity contribution in [2.75, 3.05) is 0 Å². The molecule has 0 aliphatic heterocycles. The third-order valence-corrected chi connectivity index (χ3v) is 2.07. The first-order chi connectivity index (χ1) is 6.69. The highest BCUT2D eigenvalue weighted by Gasteiger charge is 2.10. The van der Waals surface area contributed by atoms with Gasteiger partial charge >= 0.3 is 5.91 Å². The number of carbonyl (C=O) groups excluding carboxylic acids is 1. The topological polar surface area (TPSA) is 79.5 Å². The van der Waals surface area contributed by atoms with Gasteiger partial charge < -0.3 is 4.74 Å². The molecule has 0 aliphatic carbocycles. The van der Waals surface area contributed by atoms with Crippen LogP contribution in [-0.4, -0.2) is 5.91 Å². The normalized spacial score (nSPS) is 8.86. The predicted molar refractivity (Wildman–Crippen MR) is 50.5 cm³/mol. The summed E-state index contributed by atoms with van der Waals surface area (Å²) >= 11 is 3.05. The molecular weight excluding hydrogens is 252 g/mol. The molecule has 1 amide bonds. The molecule has 0 aromatic heterocycles. The predicted octanol–water partition coefficient (Wildman–Crippen LogP) is 2.22. The van der Waals surface area contributed by atoms with Gasteiger partial charge in [-0.1, -0.05) is 0 Å². The molecule has 0 fully saturated rings. The standard InChI is InChI=1S/C8H3BrN2O3/c9-7-3-5(14-4-10)1-2-6(7)8(12)11-13/h1-3H. The van der Waals surface area contributed by atoms with Crippen LogP contribution < -0.4 is 4.74 Å². The Morgan fingerprint density at radius 2 is 2.29 bits per heavy atom. The molecule has 0 unspecified atom stereocenters. The lowest BCUT2D eigenvalue weighted by molar-refractivity contribution is 0.1000. The van der Waals surface area contributed by atoms with Gasteiger partial charge in [0.15, 0.2) is 0 Å². The van der Waals surface area contributed by atoms with Gasteiger partial charge in [-0.15, -0.1) is 10.2 Å². The number of rotatable bonds is 2. The molecule has 0 radical (unpaired) electrons. The molecule has 0 saturated carbocycles. The lowest BCUT2D eigenvalue weighted by atomic mass is 10.2. The lowest BCUT2D eigenvalue weighted by Gasteiger charge is -1.99. The van der Waals surface area contributed by atoms with Crippen LogP contribution in [-0.2, 0) is 0 Å². The molecule has 0 spiro atoms. The maximum Gasteiger partial charge on any atom is 0.317 e. The van der Waals surface area contributed by atoms with Crippen molar-refractivity contribution in [3.8, 4) is 12.0 Å². The minimum absolute atomic E-state index is 0.130. The molecule has 70 valence electrons. The SMILES string of the molecule is N#COc1ccc(C(=O)N=O)c(Br)c1. The summed E-state index contributed by atoms with van der Waals surface area (Å²) in [5, 5.41) is 10.5. The average Bonchev–Trinajstić information content (AvgIpc) is 2.17. The van der Waals surface area contributed by atoms with E-state index in [0.29, 0.717) is 4.47 Å². The van der Waals surface area contributed by atoms with Gasteiger partial charge in [0.25, 0.3) is 6.26 Å². The van der Waals surface area contributed by atoms with Crippen LogP contribution in [0, 0.1) is 16.4 Å². The number of amides is 1. The zero-order chi connectivity index (χ0) is 10.6. The van der Waals surface area contributed by atoms with Crippen LogP contribution in [0.2, 0.25) is 0 Å². The molecule has 1 rings (SSSR count). The van der Waals surface area contributed by atoms with E-state index in [2.05, 4.69) is 25.8 Å². The van der Waals surface area contributed by atoms with Crippen LogP contribution >= 0.6 is 15.9 Å². The number of hydrogen-bond donors (Lipinski definition) is 0. The van der Waals surface area contributed by atoms with E-state index in [-0.39, 0.29) is 11.3 Å². The summed E-state index contributed by atoms with van der Waals surface area (Å²) in [6.45, 7) is 0. The number of halogens is 1. The van der Waals surface area contributed by atoms with E-state index in [0.717, 1.165) is 0 Å². The smallest absolute Gasteiger partial charge is 0.317 e. The van der Waals surface area contributed by atoms with Crippen molar-refractivity contribution < 1.29 is 9.53 Å². The Labute approximate surface area is 87.4 Å². The molecule has 0 atom stereocenters. The first kappa shape index (κ1) is 10.3. The second-order valence-corrected chi connectivity index (χ2v) is 3.09. The Bertz CT molecular complexity index is 425. The number of ether oxygens (including phenoxy) is 1. The van der Waals surface area contributed by atoms with Gasteiger partial charge in [0.1, 0.15) is 5.75 Å². The average molecular weight is 255 g/mol. The van der Waals surface area contributed by atoms with Gasteiger partial charge in [-0.3, -0.25) is 4.79 Å². The summed E-state index contributed by atoms with van der Waals surface area (Å²) < 4.78 is 4.87. The summed E-state index contributed by atoms with van der Waals surface area (Å²) in [7, 11) is 0. The summed E-state index contributed by atoms with van der Waals surface area (Å²) in [6, 6.07) is 4.15. The van der Waals surface area contributed by atoms with E-state index < -0.39 is 5.91 Å². The van der Waals surface area contributed by atoms with E-state index >= 15 is 0 Å². The Balaban J connectivity index is 3.08. The second-order valence-electron chi connectivity index (χ2n) is 2.23. The van der Waals surface area contributed by atoms with E-state index in [1.54, 1.807) is 0 Å². The number of nitroso groups, excluding NO2 is 1. The largest absolute Gasteiger partial charge is 0.388 e. The third kappa shape index (κ3) is 2.14. The molecule has 1 aromatic rings. The van der Waals surface area contributed by atoms with Gasteiger partial charge in [0.05, 0.1) is 5.56 Å². The van der Waals surface area contributed by atoms with Crippen LogP contribution in [0.5, 0.6) is 5.75 Å². The minimum atomic E-state index is -0.875. The molecule has 5 nitrogen and oxygen atoms in total. The third-order valence-electron chi connectivity index (χ3n) is 1.42. The van der Waals surface area contributed by atoms with Gasteiger partial charge in [-0.2, -0.15) is 0 Å². The number of carbonyl (C=O) groups is 1. The first-order valence-electron chi connectivity index (χ1n) is 3.42. The van der Waals surface area contributed by atoms with Crippen molar-refractivity contribution in [3.63, 3.8) is 0 Å². The molecule has 6 heteroatoms. The number of nitrogens with zero attached hydrogens (tertiary/aromatic N) is 2. The second kappa shape index (κ2) is 4.48. The van der Waals surface area contributed by atoms with Crippen LogP contribution in [0.25, 0.3) is 0 Å². The molecule has 14 heavy (non-hydrogen) atoms. The van der Waals surface area contributed by atoms with Gasteiger partial charge in [0.2, 0.25) is 0 Å². The molecule has 1 aromatic carbocycles. The monoisotopic (exact) mass is 254 g/mol. The van der Waals surface area contributed by atoms with Gasteiger partial charge in [-0.25, -0.2) is 0 Å². The molecule has 0 saturated heterocycles. The maximum atomic E-state index is 10.9. The van der Waals surface area contributed by atoms with Crippen molar-refractivity contribution in [3.05, 3.63) is 33.1 Å². The quantitative estimate of drug-likeness (QED) is 0.599. The molecule has 0 heterocycles. The number of hydrogen-bond acceptors (Lipinski definition) is 4. The number of nitriles is 1. The zero-order valence-corrected chi connectivity index (χ0v) is 8.32. The fourth-order valence-corrected chi connectivity index (χ4v) is 1.36. The van der Waals surface area contributed by atoms with Crippen LogP contribution in [0.15, 0.2) is 27.8 Å². The van der Waals surface area contributed by atoms with Crippen molar-refractivity contribution in [2.24, 2.45) is 5.18 Å². The number of benzene rings is 1. The molecule has 0 aliphatic rings. The van der Waals surface area contributed by atoms with E-state index in [1.807, 2.05) is 0 Å². The molecule has 0 N–H and O–H groups in total. The fraction of sp³-hybridized carbons (Fsp3) is 0. The Morgan fingerprint density at radius 3 is 2.79 bits per heavy atom. The summed E-state index contributed by atoms with van der Waals surface area (Å²) in [5.41, 5.74) is 0.130. The minimum Gasteiger partial charge on any atom is -0.388 e. The Kier molecular flexibility index (Phi) is 3.31. The first-order valence-corrected chi connectivity index (χ1v) is 4.21. The summed E-state index contributed by atoms with van der Waals surface area (Å²) in [5.74, 6) is -0.595. The van der Waals surface area contributed by atoms with Crippen molar-refractivity contribution >= 4 is 21.8 Å². The molecule has 0 bridgehead atoms. The van der Waals surface area contributed by atoms with Crippen LogP contribution in [0.1, 0.15) is 10.4 Å². The zero-order valence-electron chi connectivity index (χ0n) is 6.73. The lowest BCUT2D eigenvalue weighted by Crippen LogP contribution is -1.95. The van der Waals surface area contributed by atoms with E-state index in [9.17, 15) is 9.70 Å². The van der Waals surface area contributed by atoms with Crippen LogP contribution in [0.4, 0.5) is 0 Å². The van der Waals surface area contributed by atoms with E-state index in [4.69, 9.17) is 5.26 Å².